The highest BCUT2D eigenvalue weighted by atomic mass is 35.5. The average Bonchev–Trinajstić information content (AvgIpc) is 2.74. The number of carbonyl (C=O) groups excluding carboxylic acids is 1. The van der Waals surface area contributed by atoms with E-state index in [1.165, 1.54) is 0 Å². The number of hydrogen-bond donors (Lipinski definition) is 2. The van der Waals surface area contributed by atoms with Gasteiger partial charge in [0.2, 0.25) is 5.91 Å². The van der Waals surface area contributed by atoms with Crippen molar-refractivity contribution in [3.63, 3.8) is 0 Å². The van der Waals surface area contributed by atoms with Crippen molar-refractivity contribution in [2.45, 2.75) is 37.3 Å². The van der Waals surface area contributed by atoms with Crippen molar-refractivity contribution in [3.8, 4) is 6.07 Å². The lowest BCUT2D eigenvalue weighted by atomic mass is 9.67. The summed E-state index contributed by atoms with van der Waals surface area (Å²) in [5, 5.41) is 13.0. The number of nitrogens with zero attached hydrogens (tertiary/aromatic N) is 3. The van der Waals surface area contributed by atoms with Gasteiger partial charge in [-0.25, -0.2) is 4.99 Å². The van der Waals surface area contributed by atoms with Crippen LogP contribution >= 0.6 is 11.6 Å². The Morgan fingerprint density at radius 2 is 2.06 bits per heavy atom. The van der Waals surface area contributed by atoms with Crippen molar-refractivity contribution >= 4 is 34.8 Å². The molecule has 31 heavy (non-hydrogen) atoms. The molecule has 1 atom stereocenters. The lowest BCUT2D eigenvalue weighted by molar-refractivity contribution is -0.133. The van der Waals surface area contributed by atoms with E-state index in [4.69, 9.17) is 27.1 Å². The van der Waals surface area contributed by atoms with Crippen LogP contribution in [-0.2, 0) is 21.5 Å². The molecule has 7 nitrogen and oxygen atoms in total. The number of nitriles is 1. The van der Waals surface area contributed by atoms with Crippen LogP contribution in [0.2, 0.25) is 5.02 Å². The summed E-state index contributed by atoms with van der Waals surface area (Å²) in [7, 11) is 0. The average molecular weight is 436 g/mol. The molecule has 0 unspecified atom stereocenters. The van der Waals surface area contributed by atoms with Crippen LogP contribution < -0.4 is 11.1 Å². The summed E-state index contributed by atoms with van der Waals surface area (Å²) < 4.78 is 5.41. The molecule has 0 aromatic heterocycles. The van der Waals surface area contributed by atoms with E-state index in [1.54, 1.807) is 23.1 Å². The zero-order valence-electron chi connectivity index (χ0n) is 16.9. The summed E-state index contributed by atoms with van der Waals surface area (Å²) in [4.78, 5) is 19.6. The standard InChI is InChI=1S/C23H22ClN5O2/c24-15-8-14(13-25)9-16(10-15)27-20-3-1-2-19-18(20)11-23(19)12-21(30)29(22(26)28-23)17-4-6-31-7-5-17/h1-3,8-10,17,27H,4-7,11-12H2,(H2,26,28)/t23-/m0/s1. The van der Waals surface area contributed by atoms with E-state index >= 15 is 0 Å². The van der Waals surface area contributed by atoms with E-state index in [2.05, 4.69) is 11.4 Å². The molecule has 2 aromatic rings. The first-order valence-corrected chi connectivity index (χ1v) is 10.7. The minimum absolute atomic E-state index is 0.0249. The molecule has 2 aromatic carbocycles. The van der Waals surface area contributed by atoms with Gasteiger partial charge >= 0.3 is 0 Å². The summed E-state index contributed by atoms with van der Waals surface area (Å²) in [6.07, 6.45) is 2.51. The highest BCUT2D eigenvalue weighted by molar-refractivity contribution is 6.31. The van der Waals surface area contributed by atoms with Gasteiger partial charge in [0.15, 0.2) is 5.96 Å². The molecule has 0 radical (unpaired) electrons. The maximum absolute atomic E-state index is 13.1. The van der Waals surface area contributed by atoms with Gasteiger partial charge in [-0.3, -0.25) is 9.69 Å². The Morgan fingerprint density at radius 3 is 2.81 bits per heavy atom. The van der Waals surface area contributed by atoms with Gasteiger partial charge in [0.1, 0.15) is 5.54 Å². The molecule has 3 aliphatic rings. The molecule has 158 valence electrons. The van der Waals surface area contributed by atoms with Gasteiger partial charge in [-0.2, -0.15) is 5.26 Å². The lowest BCUT2D eigenvalue weighted by Gasteiger charge is -2.47. The molecule has 2 heterocycles. The third-order valence-electron chi connectivity index (χ3n) is 6.30. The topological polar surface area (TPSA) is 104 Å². The summed E-state index contributed by atoms with van der Waals surface area (Å²) in [5.74, 6) is 0.331. The van der Waals surface area contributed by atoms with Gasteiger partial charge in [-0.15, -0.1) is 0 Å². The summed E-state index contributed by atoms with van der Waals surface area (Å²) in [5.41, 5.74) is 9.98. The zero-order valence-corrected chi connectivity index (χ0v) is 17.7. The molecule has 1 saturated heterocycles. The van der Waals surface area contributed by atoms with E-state index in [1.807, 2.05) is 18.2 Å². The SMILES string of the molecule is N#Cc1cc(Cl)cc(Nc2cccc3c2C[C@]32CC(=O)N(C3CCOCC3)C(N)=N2)c1. The number of carbonyl (C=O) groups is 1. The Kier molecular flexibility index (Phi) is 4.84. The van der Waals surface area contributed by atoms with E-state index in [9.17, 15) is 10.1 Å². The third-order valence-corrected chi connectivity index (χ3v) is 6.51. The predicted molar refractivity (Wildman–Crippen MR) is 118 cm³/mol. The largest absolute Gasteiger partial charge is 0.381 e. The van der Waals surface area contributed by atoms with Crippen LogP contribution in [0, 0.1) is 11.3 Å². The molecule has 3 N–H and O–H groups in total. The quantitative estimate of drug-likeness (QED) is 0.768. The molecule has 0 bridgehead atoms. The number of halogens is 1. The summed E-state index contributed by atoms with van der Waals surface area (Å²) >= 11 is 6.13. The van der Waals surface area contributed by atoms with Crippen LogP contribution in [0.4, 0.5) is 11.4 Å². The molecule has 8 heteroatoms. The van der Waals surface area contributed by atoms with Crippen molar-refractivity contribution in [1.82, 2.24) is 4.90 Å². The first kappa shape index (κ1) is 19.9. The Bertz CT molecular complexity index is 1140. The number of fused-ring (bicyclic) bond motifs is 2. The smallest absolute Gasteiger partial charge is 0.232 e. The minimum atomic E-state index is -0.595. The van der Waals surface area contributed by atoms with Gasteiger partial charge in [0.05, 0.1) is 18.1 Å². The number of amides is 1. The molecule has 1 amide bonds. The molecule has 1 spiro atoms. The number of guanidine groups is 1. The van der Waals surface area contributed by atoms with Gasteiger partial charge in [0.25, 0.3) is 0 Å². The Balaban J connectivity index is 1.43. The molecule has 2 aliphatic heterocycles. The zero-order chi connectivity index (χ0) is 21.6. The Morgan fingerprint density at radius 1 is 1.26 bits per heavy atom. The fraction of sp³-hybridized carbons (Fsp3) is 0.348. The van der Waals surface area contributed by atoms with Gasteiger partial charge < -0.3 is 15.8 Å². The van der Waals surface area contributed by atoms with E-state index < -0.39 is 5.54 Å². The van der Waals surface area contributed by atoms with Crippen LogP contribution in [0.5, 0.6) is 0 Å². The van der Waals surface area contributed by atoms with Crippen molar-refractivity contribution in [3.05, 3.63) is 58.1 Å². The Labute approximate surface area is 185 Å². The number of anilines is 2. The van der Waals surface area contributed by atoms with Crippen molar-refractivity contribution in [2.24, 2.45) is 10.7 Å². The number of aliphatic imine (C=N–C) groups is 1. The van der Waals surface area contributed by atoms with E-state index in [0.29, 0.717) is 42.6 Å². The molecule has 1 aliphatic carbocycles. The highest BCUT2D eigenvalue weighted by Gasteiger charge is 2.50. The van der Waals surface area contributed by atoms with Crippen LogP contribution in [0.15, 0.2) is 41.4 Å². The van der Waals surface area contributed by atoms with E-state index in [-0.39, 0.29) is 11.9 Å². The molecule has 0 saturated carbocycles. The predicted octanol–water partition coefficient (Wildman–Crippen LogP) is 3.43. The van der Waals surface area contributed by atoms with Crippen LogP contribution in [-0.4, -0.2) is 36.0 Å². The third kappa shape index (κ3) is 3.42. The number of hydrogen-bond acceptors (Lipinski definition) is 6. The van der Waals surface area contributed by atoms with Crippen LogP contribution in [0.25, 0.3) is 0 Å². The molecular formula is C23H22ClN5O2. The van der Waals surface area contributed by atoms with Gasteiger partial charge in [-0.1, -0.05) is 23.7 Å². The first-order valence-electron chi connectivity index (χ1n) is 10.3. The number of benzene rings is 2. The molecular weight excluding hydrogens is 414 g/mol. The van der Waals surface area contributed by atoms with Crippen LogP contribution in [0.3, 0.4) is 0 Å². The van der Waals surface area contributed by atoms with Gasteiger partial charge in [0, 0.05) is 42.1 Å². The second-order valence-electron chi connectivity index (χ2n) is 8.26. The molecule has 1 fully saturated rings. The summed E-state index contributed by atoms with van der Waals surface area (Å²) in [6, 6.07) is 13.3. The Hall–Kier alpha value is -3.08. The van der Waals surface area contributed by atoms with Crippen LogP contribution in [0.1, 0.15) is 36.0 Å². The first-order chi connectivity index (χ1) is 15.0. The van der Waals surface area contributed by atoms with Crippen molar-refractivity contribution in [1.29, 1.82) is 5.26 Å². The number of ether oxygens (including phenoxy) is 1. The normalized spacial score (nSPS) is 23.0. The summed E-state index contributed by atoms with van der Waals surface area (Å²) in [6.45, 7) is 1.28. The monoisotopic (exact) mass is 435 g/mol. The maximum Gasteiger partial charge on any atom is 0.232 e. The number of nitrogens with two attached hydrogens (primary N) is 1. The lowest BCUT2D eigenvalue weighted by Crippen LogP contribution is -2.58. The van der Waals surface area contributed by atoms with Gasteiger partial charge in [-0.05, 0) is 48.2 Å². The second kappa shape index (κ2) is 7.56. The fourth-order valence-corrected chi connectivity index (χ4v) is 5.10. The minimum Gasteiger partial charge on any atom is -0.381 e. The molecule has 5 rings (SSSR count). The number of nitrogens with one attached hydrogen (secondary N) is 1. The highest BCUT2D eigenvalue weighted by Crippen LogP contribution is 2.50. The van der Waals surface area contributed by atoms with E-state index in [0.717, 1.165) is 35.3 Å². The van der Waals surface area contributed by atoms with Crippen molar-refractivity contribution in [2.75, 3.05) is 18.5 Å². The maximum atomic E-state index is 13.1. The number of rotatable bonds is 3. The fourth-order valence-electron chi connectivity index (χ4n) is 4.86. The second-order valence-corrected chi connectivity index (χ2v) is 8.70. The van der Waals surface area contributed by atoms with Crippen molar-refractivity contribution < 1.29 is 9.53 Å².